The summed E-state index contributed by atoms with van der Waals surface area (Å²) in [6.07, 6.45) is 3.63. The molecule has 142 valence electrons. The Bertz CT molecular complexity index is 642. The topological polar surface area (TPSA) is 49.4 Å². The van der Waals surface area contributed by atoms with Gasteiger partial charge in [-0.2, -0.15) is 0 Å². The molecule has 3 rings (SSSR count). The molecule has 0 radical (unpaired) electrons. The number of hydrogen-bond acceptors (Lipinski definition) is 2. The van der Waals surface area contributed by atoms with E-state index < -0.39 is 0 Å². The van der Waals surface area contributed by atoms with Crippen LogP contribution in [0.3, 0.4) is 0 Å². The predicted molar refractivity (Wildman–Crippen MR) is 105 cm³/mol. The average Bonchev–Trinajstić information content (AvgIpc) is 3.46. The molecule has 1 aromatic rings. The van der Waals surface area contributed by atoms with E-state index in [0.717, 1.165) is 44.5 Å². The highest BCUT2D eigenvalue weighted by molar-refractivity contribution is 5.94. The molecular weight excluding hydrogens is 324 g/mol. The monoisotopic (exact) mass is 356 g/mol. The molecule has 26 heavy (non-hydrogen) atoms. The number of likely N-dealkylation sites (tertiary alicyclic amines) is 1. The van der Waals surface area contributed by atoms with Crippen molar-refractivity contribution in [2.24, 2.45) is 11.8 Å². The lowest BCUT2D eigenvalue weighted by molar-refractivity contribution is -0.135. The molecule has 4 nitrogen and oxygen atoms in total. The van der Waals surface area contributed by atoms with Gasteiger partial charge in [0, 0.05) is 30.6 Å². The van der Waals surface area contributed by atoms with Crippen molar-refractivity contribution < 1.29 is 9.59 Å². The fourth-order valence-corrected chi connectivity index (χ4v) is 3.87. The van der Waals surface area contributed by atoms with Crippen molar-refractivity contribution in [3.8, 4) is 0 Å². The number of carbonyl (C=O) groups excluding carboxylic acids is 2. The summed E-state index contributed by atoms with van der Waals surface area (Å²) in [6, 6.07) is 6.31. The molecule has 1 aliphatic heterocycles. The van der Waals surface area contributed by atoms with Crippen LogP contribution in [0.4, 0.5) is 5.69 Å². The van der Waals surface area contributed by atoms with Crippen LogP contribution in [0.1, 0.15) is 76.3 Å². The van der Waals surface area contributed by atoms with Crippen molar-refractivity contribution in [3.05, 3.63) is 29.3 Å². The van der Waals surface area contributed by atoms with Gasteiger partial charge in [0.15, 0.2) is 0 Å². The molecule has 1 N–H and O–H groups in total. The number of hydrogen-bond donors (Lipinski definition) is 1. The molecule has 0 atom stereocenters. The van der Waals surface area contributed by atoms with Gasteiger partial charge in [0.2, 0.25) is 11.8 Å². The Morgan fingerprint density at radius 1 is 0.923 bits per heavy atom. The number of nitrogens with zero attached hydrogens (tertiary/aromatic N) is 1. The minimum atomic E-state index is -0.00140. The number of piperidine rings is 1. The van der Waals surface area contributed by atoms with Gasteiger partial charge in [-0.05, 0) is 48.6 Å². The van der Waals surface area contributed by atoms with Crippen LogP contribution >= 0.6 is 0 Å². The minimum Gasteiger partial charge on any atom is -0.342 e. The van der Waals surface area contributed by atoms with Gasteiger partial charge in [0.1, 0.15) is 0 Å². The van der Waals surface area contributed by atoms with E-state index in [1.54, 1.807) is 0 Å². The maximum absolute atomic E-state index is 12.9. The van der Waals surface area contributed by atoms with Gasteiger partial charge < -0.3 is 10.2 Å². The Balaban J connectivity index is 1.67. The van der Waals surface area contributed by atoms with Crippen molar-refractivity contribution in [2.75, 3.05) is 18.4 Å². The number of anilines is 1. The standard InChI is InChI=1S/C22H32N2O2/c1-14(2)18-6-5-7-19(15(3)4)20(18)23-21(25)16-10-12-24(13-11-16)22(26)17-8-9-17/h5-7,14-17H,8-13H2,1-4H3,(H,23,25). The van der Waals surface area contributed by atoms with Gasteiger partial charge in [0.05, 0.1) is 0 Å². The van der Waals surface area contributed by atoms with Crippen LogP contribution in [0.5, 0.6) is 0 Å². The van der Waals surface area contributed by atoms with E-state index in [4.69, 9.17) is 0 Å². The Hall–Kier alpha value is -1.84. The highest BCUT2D eigenvalue weighted by atomic mass is 16.2. The molecule has 0 bridgehead atoms. The lowest BCUT2D eigenvalue weighted by atomic mass is 9.91. The van der Waals surface area contributed by atoms with Crippen LogP contribution in [-0.4, -0.2) is 29.8 Å². The zero-order valence-corrected chi connectivity index (χ0v) is 16.5. The Morgan fingerprint density at radius 3 is 1.92 bits per heavy atom. The van der Waals surface area contributed by atoms with E-state index in [2.05, 4.69) is 51.2 Å². The summed E-state index contributed by atoms with van der Waals surface area (Å²) in [4.78, 5) is 27.1. The zero-order valence-electron chi connectivity index (χ0n) is 16.5. The van der Waals surface area contributed by atoms with Crippen LogP contribution in [0.15, 0.2) is 18.2 Å². The van der Waals surface area contributed by atoms with Crippen LogP contribution in [0.2, 0.25) is 0 Å². The second-order valence-electron chi connectivity index (χ2n) is 8.48. The predicted octanol–water partition coefficient (Wildman–Crippen LogP) is 4.52. The summed E-state index contributed by atoms with van der Waals surface area (Å²) >= 11 is 0. The lowest BCUT2D eigenvalue weighted by Gasteiger charge is -2.32. The summed E-state index contributed by atoms with van der Waals surface area (Å²) < 4.78 is 0. The van der Waals surface area contributed by atoms with E-state index in [0.29, 0.717) is 17.7 Å². The molecule has 0 unspecified atom stereocenters. The fraction of sp³-hybridized carbons (Fsp3) is 0.636. The van der Waals surface area contributed by atoms with Gasteiger partial charge in [-0.25, -0.2) is 0 Å². The first-order chi connectivity index (χ1) is 12.4. The zero-order chi connectivity index (χ0) is 18.8. The van der Waals surface area contributed by atoms with Gasteiger partial charge in [-0.1, -0.05) is 45.9 Å². The Kier molecular flexibility index (Phi) is 5.69. The number of nitrogens with one attached hydrogen (secondary N) is 1. The summed E-state index contributed by atoms with van der Waals surface area (Å²) in [5.41, 5.74) is 3.40. The molecule has 1 aromatic carbocycles. The number of carbonyl (C=O) groups is 2. The van der Waals surface area contributed by atoms with Crippen LogP contribution in [0.25, 0.3) is 0 Å². The molecule has 1 aliphatic carbocycles. The second-order valence-corrected chi connectivity index (χ2v) is 8.48. The normalized spacial score (nSPS) is 18.5. The molecule has 4 heteroatoms. The van der Waals surface area contributed by atoms with Gasteiger partial charge >= 0.3 is 0 Å². The quantitative estimate of drug-likeness (QED) is 0.843. The van der Waals surface area contributed by atoms with Crippen molar-refractivity contribution in [1.82, 2.24) is 4.90 Å². The third kappa shape index (κ3) is 4.11. The first kappa shape index (κ1) is 18.9. The van der Waals surface area contributed by atoms with Crippen molar-refractivity contribution >= 4 is 17.5 Å². The highest BCUT2D eigenvalue weighted by Crippen LogP contribution is 2.34. The second kappa shape index (κ2) is 7.81. The summed E-state index contributed by atoms with van der Waals surface area (Å²) in [7, 11) is 0. The summed E-state index contributed by atoms with van der Waals surface area (Å²) in [5, 5.41) is 3.25. The smallest absolute Gasteiger partial charge is 0.227 e. The first-order valence-corrected chi connectivity index (χ1v) is 10.1. The summed E-state index contributed by atoms with van der Waals surface area (Å²) in [5.74, 6) is 1.41. The van der Waals surface area contributed by atoms with Crippen molar-refractivity contribution in [1.29, 1.82) is 0 Å². The minimum absolute atomic E-state index is 0.00140. The van der Waals surface area contributed by atoms with Crippen LogP contribution in [-0.2, 0) is 9.59 Å². The SMILES string of the molecule is CC(C)c1cccc(C(C)C)c1NC(=O)C1CCN(C(=O)C2CC2)CC1. The molecule has 0 spiro atoms. The maximum Gasteiger partial charge on any atom is 0.227 e. The molecular formula is C22H32N2O2. The van der Waals surface area contributed by atoms with Crippen LogP contribution in [0, 0.1) is 11.8 Å². The molecule has 0 aromatic heterocycles. The third-order valence-corrected chi connectivity index (χ3v) is 5.73. The van der Waals surface area contributed by atoms with E-state index >= 15 is 0 Å². The van der Waals surface area contributed by atoms with Crippen molar-refractivity contribution in [2.45, 2.75) is 65.2 Å². The Labute approximate surface area is 157 Å². The number of para-hydroxylation sites is 1. The largest absolute Gasteiger partial charge is 0.342 e. The summed E-state index contributed by atoms with van der Waals surface area (Å²) in [6.45, 7) is 10.1. The van der Waals surface area contributed by atoms with Gasteiger partial charge in [-0.3, -0.25) is 9.59 Å². The number of benzene rings is 1. The molecule has 2 amide bonds. The Morgan fingerprint density at radius 2 is 1.46 bits per heavy atom. The molecule has 2 aliphatic rings. The van der Waals surface area contributed by atoms with E-state index in [9.17, 15) is 9.59 Å². The maximum atomic E-state index is 12.9. The van der Waals surface area contributed by atoms with E-state index in [1.165, 1.54) is 11.1 Å². The van der Waals surface area contributed by atoms with E-state index in [-0.39, 0.29) is 17.7 Å². The highest BCUT2D eigenvalue weighted by Gasteiger charge is 2.36. The van der Waals surface area contributed by atoms with Crippen molar-refractivity contribution in [3.63, 3.8) is 0 Å². The first-order valence-electron chi connectivity index (χ1n) is 10.1. The van der Waals surface area contributed by atoms with E-state index in [1.807, 2.05) is 4.90 Å². The van der Waals surface area contributed by atoms with Crippen LogP contribution < -0.4 is 5.32 Å². The molecule has 2 fully saturated rings. The van der Waals surface area contributed by atoms with Gasteiger partial charge in [0.25, 0.3) is 0 Å². The number of amides is 2. The van der Waals surface area contributed by atoms with Gasteiger partial charge in [-0.15, -0.1) is 0 Å². The third-order valence-electron chi connectivity index (χ3n) is 5.73. The fourth-order valence-electron chi connectivity index (χ4n) is 3.87. The molecule has 1 saturated heterocycles. The number of rotatable bonds is 5. The average molecular weight is 357 g/mol. The molecule has 1 heterocycles. The lowest BCUT2D eigenvalue weighted by Crippen LogP contribution is -2.42. The molecule has 1 saturated carbocycles.